The van der Waals surface area contributed by atoms with E-state index < -0.39 is 0 Å². The highest BCUT2D eigenvalue weighted by Crippen LogP contribution is 2.21. The van der Waals surface area contributed by atoms with Crippen molar-refractivity contribution < 1.29 is 4.79 Å². The van der Waals surface area contributed by atoms with E-state index in [1.807, 2.05) is 6.92 Å². The van der Waals surface area contributed by atoms with Crippen molar-refractivity contribution in [3.63, 3.8) is 0 Å². The SMILES string of the molecule is CC(=O)NCc1nc(C)c(Cc2ccc(C)cc2)s1. The van der Waals surface area contributed by atoms with E-state index in [2.05, 4.69) is 41.5 Å². The van der Waals surface area contributed by atoms with Crippen molar-refractivity contribution in [2.45, 2.75) is 33.7 Å². The maximum atomic E-state index is 10.9. The summed E-state index contributed by atoms with van der Waals surface area (Å²) in [6, 6.07) is 8.57. The Bertz CT molecular complexity index is 572. The molecule has 100 valence electrons. The minimum Gasteiger partial charge on any atom is -0.350 e. The van der Waals surface area contributed by atoms with E-state index in [1.54, 1.807) is 11.3 Å². The van der Waals surface area contributed by atoms with Gasteiger partial charge in [0.2, 0.25) is 5.91 Å². The summed E-state index contributed by atoms with van der Waals surface area (Å²) in [4.78, 5) is 16.7. The molecule has 1 aromatic carbocycles. The number of carbonyl (C=O) groups excluding carboxylic acids is 1. The lowest BCUT2D eigenvalue weighted by Gasteiger charge is -2.00. The molecule has 0 unspecified atom stereocenters. The summed E-state index contributed by atoms with van der Waals surface area (Å²) in [6.07, 6.45) is 0.907. The predicted molar refractivity (Wildman–Crippen MR) is 78.4 cm³/mol. The van der Waals surface area contributed by atoms with Gasteiger partial charge < -0.3 is 5.32 Å². The zero-order valence-electron chi connectivity index (χ0n) is 11.5. The van der Waals surface area contributed by atoms with Crippen LogP contribution in [0.15, 0.2) is 24.3 Å². The molecule has 1 heterocycles. The van der Waals surface area contributed by atoms with Crippen LogP contribution in [0.1, 0.15) is 33.6 Å². The van der Waals surface area contributed by atoms with Gasteiger partial charge in [-0.15, -0.1) is 11.3 Å². The number of carbonyl (C=O) groups is 1. The Hall–Kier alpha value is -1.68. The largest absolute Gasteiger partial charge is 0.350 e. The average molecular weight is 274 g/mol. The topological polar surface area (TPSA) is 42.0 Å². The van der Waals surface area contributed by atoms with Crippen LogP contribution in [0.5, 0.6) is 0 Å². The third-order valence-corrected chi connectivity index (χ3v) is 4.07. The summed E-state index contributed by atoms with van der Waals surface area (Å²) >= 11 is 1.67. The predicted octanol–water partition coefficient (Wildman–Crippen LogP) is 2.99. The molecule has 2 rings (SSSR count). The van der Waals surface area contributed by atoms with Crippen LogP contribution >= 0.6 is 11.3 Å². The number of rotatable bonds is 4. The molecule has 0 aliphatic carbocycles. The highest BCUT2D eigenvalue weighted by molar-refractivity contribution is 7.11. The molecule has 0 radical (unpaired) electrons. The average Bonchev–Trinajstić information content (AvgIpc) is 2.71. The number of hydrogen-bond acceptors (Lipinski definition) is 3. The Morgan fingerprint density at radius 2 is 1.95 bits per heavy atom. The summed E-state index contributed by atoms with van der Waals surface area (Å²) in [6.45, 7) is 6.16. The standard InChI is InChI=1S/C15H18N2OS/c1-10-4-6-13(7-5-10)8-14-11(2)17-15(19-14)9-16-12(3)18/h4-7H,8-9H2,1-3H3,(H,16,18). The van der Waals surface area contributed by atoms with Crippen LogP contribution in [0.3, 0.4) is 0 Å². The van der Waals surface area contributed by atoms with Gasteiger partial charge in [-0.2, -0.15) is 0 Å². The van der Waals surface area contributed by atoms with Crippen molar-refractivity contribution in [3.05, 3.63) is 51.0 Å². The number of nitrogens with one attached hydrogen (secondary N) is 1. The van der Waals surface area contributed by atoms with Crippen molar-refractivity contribution in [3.8, 4) is 0 Å². The van der Waals surface area contributed by atoms with Crippen molar-refractivity contribution >= 4 is 17.2 Å². The Balaban J connectivity index is 2.08. The molecule has 0 fully saturated rings. The van der Waals surface area contributed by atoms with Crippen LogP contribution in [0.25, 0.3) is 0 Å². The summed E-state index contributed by atoms with van der Waals surface area (Å²) in [7, 11) is 0. The highest BCUT2D eigenvalue weighted by Gasteiger charge is 2.08. The lowest BCUT2D eigenvalue weighted by atomic mass is 10.1. The molecule has 1 N–H and O–H groups in total. The quantitative estimate of drug-likeness (QED) is 0.931. The summed E-state index contributed by atoms with van der Waals surface area (Å²) < 4.78 is 0. The third-order valence-electron chi connectivity index (χ3n) is 2.91. The van der Waals surface area contributed by atoms with Crippen LogP contribution in [0.2, 0.25) is 0 Å². The fourth-order valence-corrected chi connectivity index (χ4v) is 2.86. The third kappa shape index (κ3) is 3.89. The van der Waals surface area contributed by atoms with Crippen molar-refractivity contribution in [1.82, 2.24) is 10.3 Å². The zero-order chi connectivity index (χ0) is 13.8. The fraction of sp³-hybridized carbons (Fsp3) is 0.333. The van der Waals surface area contributed by atoms with Crippen molar-refractivity contribution in [2.24, 2.45) is 0 Å². The van der Waals surface area contributed by atoms with E-state index in [-0.39, 0.29) is 5.91 Å². The van der Waals surface area contributed by atoms with E-state index in [9.17, 15) is 4.79 Å². The molecule has 1 amide bonds. The number of thiazole rings is 1. The lowest BCUT2D eigenvalue weighted by Crippen LogP contribution is -2.18. The first-order valence-corrected chi connectivity index (χ1v) is 7.11. The highest BCUT2D eigenvalue weighted by atomic mass is 32.1. The number of aryl methyl sites for hydroxylation is 2. The van der Waals surface area contributed by atoms with Crippen LogP contribution < -0.4 is 5.32 Å². The Morgan fingerprint density at radius 1 is 1.26 bits per heavy atom. The summed E-state index contributed by atoms with van der Waals surface area (Å²) in [5.41, 5.74) is 3.63. The number of hydrogen-bond donors (Lipinski definition) is 1. The van der Waals surface area contributed by atoms with Gasteiger partial charge in [0, 0.05) is 18.2 Å². The monoisotopic (exact) mass is 274 g/mol. The molecule has 0 bridgehead atoms. The van der Waals surface area contributed by atoms with Crippen molar-refractivity contribution in [2.75, 3.05) is 0 Å². The maximum absolute atomic E-state index is 10.9. The maximum Gasteiger partial charge on any atom is 0.217 e. The van der Waals surface area contributed by atoms with Gasteiger partial charge in [0.25, 0.3) is 0 Å². The Labute approximate surface area is 117 Å². The summed E-state index contributed by atoms with van der Waals surface area (Å²) in [5.74, 6) is -0.0204. The van der Waals surface area contributed by atoms with Gasteiger partial charge in [-0.1, -0.05) is 29.8 Å². The van der Waals surface area contributed by atoms with Gasteiger partial charge in [-0.3, -0.25) is 4.79 Å². The molecule has 0 saturated carbocycles. The normalized spacial score (nSPS) is 10.5. The molecule has 0 atom stereocenters. The van der Waals surface area contributed by atoms with Gasteiger partial charge in [0.1, 0.15) is 5.01 Å². The van der Waals surface area contributed by atoms with E-state index in [0.717, 1.165) is 17.1 Å². The second-order valence-corrected chi connectivity index (χ2v) is 5.86. The molecular formula is C15H18N2OS. The first-order valence-electron chi connectivity index (χ1n) is 6.30. The molecule has 0 aliphatic heterocycles. The molecule has 2 aromatic rings. The number of amides is 1. The first-order chi connectivity index (χ1) is 9.04. The van der Waals surface area contributed by atoms with Gasteiger partial charge >= 0.3 is 0 Å². The minimum atomic E-state index is -0.0204. The van der Waals surface area contributed by atoms with E-state index in [4.69, 9.17) is 0 Å². The molecule has 4 heteroatoms. The molecule has 19 heavy (non-hydrogen) atoms. The van der Waals surface area contributed by atoms with Crippen LogP contribution in [0.4, 0.5) is 0 Å². The second kappa shape index (κ2) is 5.97. The van der Waals surface area contributed by atoms with E-state index in [0.29, 0.717) is 6.54 Å². The molecule has 1 aromatic heterocycles. The smallest absolute Gasteiger partial charge is 0.217 e. The van der Waals surface area contributed by atoms with E-state index in [1.165, 1.54) is 22.9 Å². The van der Waals surface area contributed by atoms with Crippen molar-refractivity contribution in [1.29, 1.82) is 0 Å². The molecule has 0 spiro atoms. The Kier molecular flexibility index (Phi) is 4.32. The van der Waals surface area contributed by atoms with E-state index >= 15 is 0 Å². The number of benzene rings is 1. The minimum absolute atomic E-state index is 0.0204. The number of nitrogens with zero attached hydrogens (tertiary/aromatic N) is 1. The van der Waals surface area contributed by atoms with Gasteiger partial charge in [-0.05, 0) is 19.4 Å². The molecule has 0 saturated heterocycles. The number of aromatic nitrogens is 1. The van der Waals surface area contributed by atoms with Gasteiger partial charge in [0.15, 0.2) is 0 Å². The molecular weight excluding hydrogens is 256 g/mol. The van der Waals surface area contributed by atoms with Crippen LogP contribution in [-0.2, 0) is 17.8 Å². The van der Waals surface area contributed by atoms with Gasteiger partial charge in [-0.25, -0.2) is 4.98 Å². The second-order valence-electron chi connectivity index (χ2n) is 4.69. The van der Waals surface area contributed by atoms with Gasteiger partial charge in [0.05, 0.1) is 12.2 Å². The van der Waals surface area contributed by atoms with Crippen LogP contribution in [-0.4, -0.2) is 10.9 Å². The molecule has 0 aliphatic rings. The Morgan fingerprint density at radius 3 is 2.58 bits per heavy atom. The summed E-state index contributed by atoms with van der Waals surface area (Å²) in [5, 5.41) is 3.75. The lowest BCUT2D eigenvalue weighted by molar-refractivity contribution is -0.119. The van der Waals surface area contributed by atoms with Crippen LogP contribution in [0, 0.1) is 13.8 Å². The first kappa shape index (κ1) is 13.7. The fourth-order valence-electron chi connectivity index (χ4n) is 1.82. The molecule has 3 nitrogen and oxygen atoms in total. The zero-order valence-corrected chi connectivity index (χ0v) is 12.3.